The molecule has 0 unspecified atom stereocenters. The van der Waals surface area contributed by atoms with Gasteiger partial charge in [0.25, 0.3) is 0 Å². The van der Waals surface area contributed by atoms with Crippen molar-refractivity contribution in [2.75, 3.05) is 0 Å². The standard InChI is InChI=1S/2C11H17N/c1-8(2)10-5-6-11(9(3)4)12-7-10;1-8(2)10-6-5-7-11(12-10)9(3)4/h2*5-9H,1-4H3. The van der Waals surface area contributed by atoms with Crippen molar-refractivity contribution in [3.8, 4) is 0 Å². The van der Waals surface area contributed by atoms with E-state index >= 15 is 0 Å². The quantitative estimate of drug-likeness (QED) is 0.628. The van der Waals surface area contributed by atoms with Crippen LogP contribution in [-0.2, 0) is 0 Å². The Morgan fingerprint density at radius 3 is 1.42 bits per heavy atom. The van der Waals surface area contributed by atoms with Crippen molar-refractivity contribution < 1.29 is 0 Å². The van der Waals surface area contributed by atoms with Crippen LogP contribution in [0.1, 0.15) is 102 Å². The van der Waals surface area contributed by atoms with Crippen LogP contribution in [0.2, 0.25) is 0 Å². The molecule has 24 heavy (non-hydrogen) atoms. The number of hydrogen-bond donors (Lipinski definition) is 0. The molecule has 0 aliphatic carbocycles. The molecule has 132 valence electrons. The van der Waals surface area contributed by atoms with E-state index in [-0.39, 0.29) is 0 Å². The summed E-state index contributed by atoms with van der Waals surface area (Å²) in [7, 11) is 0. The molecule has 2 nitrogen and oxygen atoms in total. The van der Waals surface area contributed by atoms with Crippen LogP contribution < -0.4 is 0 Å². The van der Waals surface area contributed by atoms with E-state index in [1.165, 1.54) is 22.6 Å². The summed E-state index contributed by atoms with van der Waals surface area (Å²) in [5, 5.41) is 0. The van der Waals surface area contributed by atoms with Gasteiger partial charge in [0.15, 0.2) is 0 Å². The predicted octanol–water partition coefficient (Wildman–Crippen LogP) is 6.66. The first-order valence-corrected chi connectivity index (χ1v) is 9.15. The van der Waals surface area contributed by atoms with Gasteiger partial charge < -0.3 is 0 Å². The zero-order chi connectivity index (χ0) is 18.3. The van der Waals surface area contributed by atoms with Crippen molar-refractivity contribution in [1.82, 2.24) is 9.97 Å². The molecular formula is C22H34N2. The number of rotatable bonds is 4. The SMILES string of the molecule is CC(C)c1ccc(C(C)C)nc1.CC(C)c1cccc(C(C)C)n1. The van der Waals surface area contributed by atoms with Crippen LogP contribution in [-0.4, -0.2) is 9.97 Å². The highest BCUT2D eigenvalue weighted by atomic mass is 14.7. The zero-order valence-electron chi connectivity index (χ0n) is 16.7. The Hall–Kier alpha value is -1.70. The number of pyridine rings is 2. The summed E-state index contributed by atoms with van der Waals surface area (Å²) in [6.45, 7) is 17.4. The van der Waals surface area contributed by atoms with Gasteiger partial charge in [-0.25, -0.2) is 0 Å². The Balaban J connectivity index is 0.000000240. The largest absolute Gasteiger partial charge is 0.261 e. The maximum Gasteiger partial charge on any atom is 0.0432 e. The topological polar surface area (TPSA) is 25.8 Å². The van der Waals surface area contributed by atoms with E-state index in [1.54, 1.807) is 0 Å². The maximum absolute atomic E-state index is 4.57. The van der Waals surface area contributed by atoms with Gasteiger partial charge in [0.2, 0.25) is 0 Å². The van der Waals surface area contributed by atoms with Gasteiger partial charge in [0.05, 0.1) is 0 Å². The van der Waals surface area contributed by atoms with Gasteiger partial charge in [-0.2, -0.15) is 0 Å². The summed E-state index contributed by atoms with van der Waals surface area (Å²) in [5.74, 6) is 2.18. The van der Waals surface area contributed by atoms with E-state index in [1.807, 2.05) is 6.20 Å². The fourth-order valence-corrected chi connectivity index (χ4v) is 2.21. The van der Waals surface area contributed by atoms with E-state index in [0.29, 0.717) is 23.7 Å². The van der Waals surface area contributed by atoms with E-state index in [2.05, 4.69) is 95.7 Å². The number of hydrogen-bond acceptors (Lipinski definition) is 2. The second kappa shape index (κ2) is 9.56. The van der Waals surface area contributed by atoms with Gasteiger partial charge in [-0.3, -0.25) is 9.97 Å². The zero-order valence-corrected chi connectivity index (χ0v) is 16.7. The monoisotopic (exact) mass is 326 g/mol. The second-order valence-corrected chi connectivity index (χ2v) is 7.62. The first kappa shape index (κ1) is 20.3. The van der Waals surface area contributed by atoms with Crippen LogP contribution in [0.5, 0.6) is 0 Å². The molecule has 0 fully saturated rings. The van der Waals surface area contributed by atoms with Gasteiger partial charge in [-0.05, 0) is 47.4 Å². The highest BCUT2D eigenvalue weighted by Crippen LogP contribution is 2.17. The van der Waals surface area contributed by atoms with Crippen LogP contribution in [0.4, 0.5) is 0 Å². The van der Waals surface area contributed by atoms with Gasteiger partial charge in [-0.1, -0.05) is 67.5 Å². The Labute approximate surface area is 148 Å². The molecule has 0 saturated heterocycles. The molecule has 2 aromatic rings. The normalized spacial score (nSPS) is 11.2. The Morgan fingerprint density at radius 2 is 1.08 bits per heavy atom. The minimum Gasteiger partial charge on any atom is -0.261 e. The average Bonchev–Trinajstić information content (AvgIpc) is 2.55. The third kappa shape index (κ3) is 6.43. The Kier molecular flexibility index (Phi) is 8.10. The fourth-order valence-electron chi connectivity index (χ4n) is 2.21. The van der Waals surface area contributed by atoms with Crippen molar-refractivity contribution in [3.05, 3.63) is 59.2 Å². The highest BCUT2D eigenvalue weighted by molar-refractivity contribution is 5.18. The van der Waals surface area contributed by atoms with Crippen LogP contribution >= 0.6 is 0 Å². The molecule has 2 rings (SSSR count). The summed E-state index contributed by atoms with van der Waals surface area (Å²) >= 11 is 0. The van der Waals surface area contributed by atoms with Crippen LogP contribution in [0.3, 0.4) is 0 Å². The van der Waals surface area contributed by atoms with Gasteiger partial charge >= 0.3 is 0 Å². The molecule has 0 N–H and O–H groups in total. The predicted molar refractivity (Wildman–Crippen MR) is 105 cm³/mol. The summed E-state index contributed by atoms with van der Waals surface area (Å²) in [4.78, 5) is 8.97. The third-order valence-electron chi connectivity index (χ3n) is 4.04. The molecule has 0 aliphatic rings. The molecular weight excluding hydrogens is 292 g/mol. The molecule has 0 spiro atoms. The van der Waals surface area contributed by atoms with E-state index in [0.717, 1.165) is 0 Å². The van der Waals surface area contributed by atoms with Gasteiger partial charge in [0, 0.05) is 23.3 Å². The number of nitrogens with zero attached hydrogens (tertiary/aromatic N) is 2. The van der Waals surface area contributed by atoms with E-state index < -0.39 is 0 Å². The maximum atomic E-state index is 4.57. The second-order valence-electron chi connectivity index (χ2n) is 7.62. The van der Waals surface area contributed by atoms with E-state index in [4.69, 9.17) is 0 Å². The molecule has 0 aromatic carbocycles. The van der Waals surface area contributed by atoms with Gasteiger partial charge in [-0.15, -0.1) is 0 Å². The fraction of sp³-hybridized carbons (Fsp3) is 0.545. The Bertz CT molecular complexity index is 545. The lowest BCUT2D eigenvalue weighted by atomic mass is 10.0. The van der Waals surface area contributed by atoms with Crippen molar-refractivity contribution in [3.63, 3.8) is 0 Å². The molecule has 2 heteroatoms. The molecule has 0 atom stereocenters. The highest BCUT2D eigenvalue weighted by Gasteiger charge is 2.04. The first-order chi connectivity index (χ1) is 11.2. The molecule has 0 saturated carbocycles. The van der Waals surface area contributed by atoms with Crippen molar-refractivity contribution >= 4 is 0 Å². The lowest BCUT2D eigenvalue weighted by Gasteiger charge is -2.08. The number of aromatic nitrogens is 2. The van der Waals surface area contributed by atoms with Crippen LogP contribution in [0.15, 0.2) is 36.5 Å². The summed E-state index contributed by atoms with van der Waals surface area (Å²) in [6, 6.07) is 10.6. The molecule has 0 amide bonds. The summed E-state index contributed by atoms with van der Waals surface area (Å²) in [6.07, 6.45) is 1.99. The van der Waals surface area contributed by atoms with Crippen molar-refractivity contribution in [2.24, 2.45) is 0 Å². The molecule has 2 heterocycles. The van der Waals surface area contributed by atoms with Gasteiger partial charge in [0.1, 0.15) is 0 Å². The molecule has 0 radical (unpaired) electrons. The molecule has 0 bridgehead atoms. The minimum atomic E-state index is 0.531. The lowest BCUT2D eigenvalue weighted by Crippen LogP contribution is -1.98. The lowest BCUT2D eigenvalue weighted by molar-refractivity contribution is 0.765. The minimum absolute atomic E-state index is 0.531. The third-order valence-corrected chi connectivity index (χ3v) is 4.04. The molecule has 0 aliphatic heterocycles. The van der Waals surface area contributed by atoms with Crippen LogP contribution in [0, 0.1) is 0 Å². The smallest absolute Gasteiger partial charge is 0.0432 e. The summed E-state index contributed by atoms with van der Waals surface area (Å²) < 4.78 is 0. The van der Waals surface area contributed by atoms with Crippen molar-refractivity contribution in [2.45, 2.75) is 79.1 Å². The Morgan fingerprint density at radius 1 is 0.583 bits per heavy atom. The van der Waals surface area contributed by atoms with Crippen LogP contribution in [0.25, 0.3) is 0 Å². The van der Waals surface area contributed by atoms with Crippen molar-refractivity contribution in [1.29, 1.82) is 0 Å². The summed E-state index contributed by atoms with van der Waals surface area (Å²) in [5.41, 5.74) is 4.89. The van der Waals surface area contributed by atoms with E-state index in [9.17, 15) is 0 Å². The average molecular weight is 327 g/mol. The molecule has 2 aromatic heterocycles. The first-order valence-electron chi connectivity index (χ1n) is 9.15.